The van der Waals surface area contributed by atoms with Crippen LogP contribution < -0.4 is 4.74 Å². The van der Waals surface area contributed by atoms with Crippen LogP contribution in [-0.4, -0.2) is 31.7 Å². The van der Waals surface area contributed by atoms with Gasteiger partial charge in [0.25, 0.3) is 0 Å². The van der Waals surface area contributed by atoms with Crippen molar-refractivity contribution < 1.29 is 17.9 Å². The van der Waals surface area contributed by atoms with Gasteiger partial charge >= 0.3 is 0 Å². The van der Waals surface area contributed by atoms with Crippen molar-refractivity contribution in [2.45, 2.75) is 37.6 Å². The highest BCUT2D eigenvalue weighted by Crippen LogP contribution is 2.37. The van der Waals surface area contributed by atoms with Crippen LogP contribution >= 0.6 is 0 Å². The number of ketones is 1. The Morgan fingerprint density at radius 1 is 1.12 bits per heavy atom. The minimum atomic E-state index is -3.61. The highest BCUT2D eigenvalue weighted by molar-refractivity contribution is 7.89. The molecule has 1 atom stereocenters. The monoisotopic (exact) mass is 373 g/mol. The Morgan fingerprint density at radius 2 is 1.77 bits per heavy atom. The first-order chi connectivity index (χ1) is 12.4. The number of carbonyl (C=O) groups excluding carboxylic acids is 1. The molecule has 0 amide bonds. The van der Waals surface area contributed by atoms with Gasteiger partial charge in [-0.1, -0.05) is 24.3 Å². The van der Waals surface area contributed by atoms with Crippen LogP contribution in [0.1, 0.15) is 48.7 Å². The summed E-state index contributed by atoms with van der Waals surface area (Å²) in [5, 5.41) is 0. The molecule has 0 saturated carbocycles. The quantitative estimate of drug-likeness (QED) is 0.722. The second-order valence-corrected chi connectivity index (χ2v) is 8.25. The van der Waals surface area contributed by atoms with Crippen molar-refractivity contribution in [3.8, 4) is 5.75 Å². The summed E-state index contributed by atoms with van der Waals surface area (Å²) >= 11 is 0. The molecule has 3 rings (SSSR count). The standard InChI is InChI=1S/C20H23NO4S/c1-3-25-18-10-6-17(7-11-18)20-5-4-14-21(20)26(23,24)19-12-8-16(9-13-19)15(2)22/h6-13,20H,3-5,14H2,1-2H3/t20-/m0/s1. The van der Waals surface area contributed by atoms with E-state index in [1.807, 2.05) is 31.2 Å². The van der Waals surface area contributed by atoms with E-state index >= 15 is 0 Å². The van der Waals surface area contributed by atoms with Crippen LogP contribution in [0.2, 0.25) is 0 Å². The first-order valence-electron chi connectivity index (χ1n) is 8.79. The van der Waals surface area contributed by atoms with Gasteiger partial charge in [-0.3, -0.25) is 4.79 Å². The van der Waals surface area contributed by atoms with Crippen molar-refractivity contribution >= 4 is 15.8 Å². The van der Waals surface area contributed by atoms with Gasteiger partial charge in [0.15, 0.2) is 5.78 Å². The molecule has 5 nitrogen and oxygen atoms in total. The summed E-state index contributed by atoms with van der Waals surface area (Å²) in [4.78, 5) is 11.6. The Kier molecular flexibility index (Phi) is 5.44. The molecule has 1 fully saturated rings. The van der Waals surface area contributed by atoms with Gasteiger partial charge in [0, 0.05) is 12.1 Å². The lowest BCUT2D eigenvalue weighted by Crippen LogP contribution is -2.30. The molecule has 1 aliphatic rings. The lowest BCUT2D eigenvalue weighted by atomic mass is 10.1. The third-order valence-corrected chi connectivity index (χ3v) is 6.57. The van der Waals surface area contributed by atoms with Crippen LogP contribution in [0.5, 0.6) is 5.75 Å². The Balaban J connectivity index is 1.87. The molecule has 0 aromatic heterocycles. The van der Waals surface area contributed by atoms with Crippen molar-refractivity contribution in [3.05, 3.63) is 59.7 Å². The van der Waals surface area contributed by atoms with E-state index in [2.05, 4.69) is 0 Å². The van der Waals surface area contributed by atoms with E-state index < -0.39 is 10.0 Å². The highest BCUT2D eigenvalue weighted by Gasteiger charge is 2.36. The maximum atomic E-state index is 13.1. The van der Waals surface area contributed by atoms with Crippen LogP contribution in [0.15, 0.2) is 53.4 Å². The number of hydrogen-bond donors (Lipinski definition) is 0. The minimum absolute atomic E-state index is 0.0811. The van der Waals surface area contributed by atoms with Crippen molar-refractivity contribution in [2.24, 2.45) is 0 Å². The first kappa shape index (κ1) is 18.6. The molecule has 0 N–H and O–H groups in total. The van der Waals surface area contributed by atoms with Gasteiger partial charge in [0.1, 0.15) is 5.75 Å². The maximum Gasteiger partial charge on any atom is 0.243 e. The molecular formula is C20H23NO4S. The Bertz CT molecular complexity index is 873. The molecule has 6 heteroatoms. The summed E-state index contributed by atoms with van der Waals surface area (Å²) in [6.45, 7) is 4.48. The number of carbonyl (C=O) groups is 1. The molecule has 1 aliphatic heterocycles. The zero-order valence-corrected chi connectivity index (χ0v) is 15.8. The lowest BCUT2D eigenvalue weighted by Gasteiger charge is -2.24. The lowest BCUT2D eigenvalue weighted by molar-refractivity contribution is 0.101. The van der Waals surface area contributed by atoms with Gasteiger partial charge in [0.05, 0.1) is 17.5 Å². The fourth-order valence-electron chi connectivity index (χ4n) is 3.31. The highest BCUT2D eigenvalue weighted by atomic mass is 32.2. The van der Waals surface area contributed by atoms with Gasteiger partial charge in [-0.2, -0.15) is 4.31 Å². The predicted molar refractivity (Wildman–Crippen MR) is 99.9 cm³/mol. The minimum Gasteiger partial charge on any atom is -0.494 e. The summed E-state index contributed by atoms with van der Waals surface area (Å²) < 4.78 is 33.2. The molecule has 0 radical (unpaired) electrons. The van der Waals surface area contributed by atoms with Gasteiger partial charge in [-0.05, 0) is 56.5 Å². The van der Waals surface area contributed by atoms with E-state index in [1.54, 1.807) is 16.4 Å². The van der Waals surface area contributed by atoms with Crippen molar-refractivity contribution in [1.82, 2.24) is 4.31 Å². The second-order valence-electron chi connectivity index (χ2n) is 6.36. The molecule has 138 valence electrons. The molecule has 2 aromatic rings. The van der Waals surface area contributed by atoms with E-state index in [-0.39, 0.29) is 16.7 Å². The summed E-state index contributed by atoms with van der Waals surface area (Å²) in [5.41, 5.74) is 1.48. The SMILES string of the molecule is CCOc1ccc([C@@H]2CCCN2S(=O)(=O)c2ccc(C(C)=O)cc2)cc1. The van der Waals surface area contributed by atoms with E-state index in [0.29, 0.717) is 18.7 Å². The van der Waals surface area contributed by atoms with Crippen LogP contribution in [0.25, 0.3) is 0 Å². The number of ether oxygens (including phenoxy) is 1. The van der Waals surface area contributed by atoms with Gasteiger partial charge in [-0.15, -0.1) is 0 Å². The number of hydrogen-bond acceptors (Lipinski definition) is 4. The number of nitrogens with zero attached hydrogens (tertiary/aromatic N) is 1. The van der Waals surface area contributed by atoms with Crippen LogP contribution in [-0.2, 0) is 10.0 Å². The largest absolute Gasteiger partial charge is 0.494 e. The molecular weight excluding hydrogens is 350 g/mol. The zero-order chi connectivity index (χ0) is 18.7. The third-order valence-electron chi connectivity index (χ3n) is 4.65. The normalized spacial score (nSPS) is 18.0. The molecule has 0 unspecified atom stereocenters. The van der Waals surface area contributed by atoms with Crippen molar-refractivity contribution in [2.75, 3.05) is 13.2 Å². The summed E-state index contributed by atoms with van der Waals surface area (Å²) in [6.07, 6.45) is 1.61. The van der Waals surface area contributed by atoms with E-state index in [9.17, 15) is 13.2 Å². The Labute approximate surface area is 154 Å². The number of benzene rings is 2. The predicted octanol–water partition coefficient (Wildman–Crippen LogP) is 3.81. The van der Waals surface area contributed by atoms with Crippen LogP contribution in [0.4, 0.5) is 0 Å². The number of sulfonamides is 1. The Hall–Kier alpha value is -2.18. The van der Waals surface area contributed by atoms with Gasteiger partial charge in [-0.25, -0.2) is 8.42 Å². The second kappa shape index (κ2) is 7.60. The molecule has 2 aromatic carbocycles. The van der Waals surface area contributed by atoms with Gasteiger partial charge in [0.2, 0.25) is 10.0 Å². The Morgan fingerprint density at radius 3 is 2.35 bits per heavy atom. The maximum absolute atomic E-state index is 13.1. The number of Topliss-reactive ketones (excluding diaryl/α,β-unsaturated/α-hetero) is 1. The van der Waals surface area contributed by atoms with E-state index in [1.165, 1.54) is 19.1 Å². The summed E-state index contributed by atoms with van der Waals surface area (Å²) in [6, 6.07) is 13.6. The molecule has 0 aliphatic carbocycles. The third kappa shape index (κ3) is 3.66. The van der Waals surface area contributed by atoms with E-state index in [4.69, 9.17) is 4.74 Å². The van der Waals surface area contributed by atoms with Crippen LogP contribution in [0.3, 0.4) is 0 Å². The topological polar surface area (TPSA) is 63.7 Å². The van der Waals surface area contributed by atoms with Crippen LogP contribution in [0, 0.1) is 0 Å². The zero-order valence-electron chi connectivity index (χ0n) is 15.0. The van der Waals surface area contributed by atoms with Gasteiger partial charge < -0.3 is 4.74 Å². The molecule has 1 saturated heterocycles. The van der Waals surface area contributed by atoms with Crippen molar-refractivity contribution in [3.63, 3.8) is 0 Å². The average molecular weight is 373 g/mol. The average Bonchev–Trinajstić information content (AvgIpc) is 3.13. The summed E-state index contributed by atoms with van der Waals surface area (Å²) in [5.74, 6) is 0.700. The molecule has 0 bridgehead atoms. The fraction of sp³-hybridized carbons (Fsp3) is 0.350. The summed E-state index contributed by atoms with van der Waals surface area (Å²) in [7, 11) is -3.61. The molecule has 1 heterocycles. The van der Waals surface area contributed by atoms with Crippen molar-refractivity contribution in [1.29, 1.82) is 0 Å². The van der Waals surface area contributed by atoms with E-state index in [0.717, 1.165) is 24.2 Å². The smallest absolute Gasteiger partial charge is 0.243 e. The molecule has 26 heavy (non-hydrogen) atoms. The first-order valence-corrected chi connectivity index (χ1v) is 10.2. The number of rotatable bonds is 6. The fourth-order valence-corrected chi connectivity index (χ4v) is 4.99. The molecule has 0 spiro atoms.